The molecule has 0 bridgehead atoms. The first kappa shape index (κ1) is 32.1. The number of nitrogens with one attached hydrogen (secondary N) is 1. The van der Waals surface area contributed by atoms with Crippen LogP contribution in [0.5, 0.6) is 0 Å². The van der Waals surface area contributed by atoms with Gasteiger partial charge in [0.15, 0.2) is 0 Å². The van der Waals surface area contributed by atoms with Crippen LogP contribution in [0.2, 0.25) is 0 Å². The van der Waals surface area contributed by atoms with Crippen molar-refractivity contribution >= 4 is 5.91 Å². The highest BCUT2D eigenvalue weighted by Crippen LogP contribution is 2.12. The predicted octanol–water partition coefficient (Wildman–Crippen LogP) is 6.19. The quantitative estimate of drug-likeness (QED) is 0.100. The summed E-state index contributed by atoms with van der Waals surface area (Å²) in [7, 11) is 0. The highest BCUT2D eigenvalue weighted by molar-refractivity contribution is 5.80. The number of hydrogen-bond donors (Lipinski definition) is 4. The maximum absolute atomic E-state index is 12.2. The van der Waals surface area contributed by atoms with E-state index in [0.717, 1.165) is 32.1 Å². The summed E-state index contributed by atoms with van der Waals surface area (Å²) in [6.45, 7) is 4.09. The molecule has 5 heteroatoms. The van der Waals surface area contributed by atoms with Crippen LogP contribution >= 0.6 is 0 Å². The van der Waals surface area contributed by atoms with Crippen molar-refractivity contribution in [2.75, 3.05) is 6.61 Å². The topological polar surface area (TPSA) is 89.8 Å². The van der Waals surface area contributed by atoms with Crippen LogP contribution < -0.4 is 5.32 Å². The molecule has 33 heavy (non-hydrogen) atoms. The Balaban J connectivity index is 3.89. The van der Waals surface area contributed by atoms with E-state index in [1.54, 1.807) is 6.08 Å². The first-order valence-corrected chi connectivity index (χ1v) is 14.0. The van der Waals surface area contributed by atoms with Gasteiger partial charge in [-0.2, -0.15) is 0 Å². The van der Waals surface area contributed by atoms with Gasteiger partial charge in [-0.05, 0) is 19.3 Å². The summed E-state index contributed by atoms with van der Waals surface area (Å²) in [6, 6.07) is -0.787. The molecule has 5 nitrogen and oxygen atoms in total. The average molecular weight is 470 g/mol. The Morgan fingerprint density at radius 2 is 1.18 bits per heavy atom. The fourth-order valence-corrected chi connectivity index (χ4v) is 4.06. The number of aliphatic hydroxyl groups excluding tert-OH is 3. The molecule has 4 N–H and O–H groups in total. The third-order valence-corrected chi connectivity index (χ3v) is 6.38. The second-order valence-corrected chi connectivity index (χ2v) is 9.61. The van der Waals surface area contributed by atoms with E-state index < -0.39 is 24.2 Å². The lowest BCUT2D eigenvalue weighted by atomic mass is 10.0. The maximum Gasteiger partial charge on any atom is 0.249 e. The molecule has 0 aromatic heterocycles. The molecule has 0 fully saturated rings. The zero-order chi connectivity index (χ0) is 24.6. The van der Waals surface area contributed by atoms with Crippen LogP contribution in [0.3, 0.4) is 0 Å². The standard InChI is InChI=1S/C28H55NO4/c1-3-5-7-9-11-13-15-16-18-20-22-26(31)25(24-30)29-28(33)27(32)23-21-19-17-14-12-10-8-6-4-2/h20,22,25-27,30-32H,3-19,21,23-24H2,1-2H3,(H,29,33)/b22-20+. The minimum atomic E-state index is -1.09. The van der Waals surface area contributed by atoms with Gasteiger partial charge in [0.05, 0.1) is 18.8 Å². The largest absolute Gasteiger partial charge is 0.394 e. The summed E-state index contributed by atoms with van der Waals surface area (Å²) in [5.41, 5.74) is 0. The van der Waals surface area contributed by atoms with Crippen LogP contribution in [-0.2, 0) is 4.79 Å². The molecule has 3 atom stereocenters. The van der Waals surface area contributed by atoms with E-state index >= 15 is 0 Å². The first-order chi connectivity index (χ1) is 16.1. The fraction of sp³-hybridized carbons (Fsp3) is 0.893. The van der Waals surface area contributed by atoms with Gasteiger partial charge in [0.2, 0.25) is 5.91 Å². The molecule has 0 aliphatic rings. The highest BCUT2D eigenvalue weighted by atomic mass is 16.3. The molecule has 0 aliphatic heterocycles. The Bertz CT molecular complexity index is 455. The van der Waals surface area contributed by atoms with Crippen molar-refractivity contribution in [2.24, 2.45) is 0 Å². The Kier molecular flexibility index (Phi) is 23.6. The van der Waals surface area contributed by atoms with Crippen LogP contribution in [0.25, 0.3) is 0 Å². The van der Waals surface area contributed by atoms with E-state index in [0.29, 0.717) is 6.42 Å². The Hall–Kier alpha value is -0.910. The van der Waals surface area contributed by atoms with Gasteiger partial charge in [0.25, 0.3) is 0 Å². The van der Waals surface area contributed by atoms with Crippen LogP contribution in [0, 0.1) is 0 Å². The van der Waals surface area contributed by atoms with Crippen LogP contribution in [0.4, 0.5) is 0 Å². The molecule has 0 aliphatic carbocycles. The molecule has 0 heterocycles. The summed E-state index contributed by atoms with van der Waals surface area (Å²) in [5.74, 6) is -0.510. The van der Waals surface area contributed by atoms with Gasteiger partial charge in [0.1, 0.15) is 6.10 Å². The van der Waals surface area contributed by atoms with Gasteiger partial charge in [-0.1, -0.05) is 129 Å². The zero-order valence-electron chi connectivity index (χ0n) is 21.8. The van der Waals surface area contributed by atoms with E-state index in [1.165, 1.54) is 83.5 Å². The van der Waals surface area contributed by atoms with Gasteiger partial charge in [-0.15, -0.1) is 0 Å². The monoisotopic (exact) mass is 469 g/mol. The van der Waals surface area contributed by atoms with E-state index in [1.807, 2.05) is 6.08 Å². The summed E-state index contributed by atoms with van der Waals surface area (Å²) in [5, 5.41) is 32.5. The number of carbonyl (C=O) groups excluding carboxylic acids is 1. The first-order valence-electron chi connectivity index (χ1n) is 14.0. The normalized spacial score (nSPS) is 14.5. The molecule has 0 spiro atoms. The summed E-state index contributed by atoms with van der Waals surface area (Å²) < 4.78 is 0. The minimum Gasteiger partial charge on any atom is -0.394 e. The van der Waals surface area contributed by atoms with Crippen LogP contribution in [0.15, 0.2) is 12.2 Å². The summed E-state index contributed by atoms with van der Waals surface area (Å²) in [4.78, 5) is 12.2. The number of allylic oxidation sites excluding steroid dienone is 1. The second kappa shape index (κ2) is 24.2. The third kappa shape index (κ3) is 20.2. The second-order valence-electron chi connectivity index (χ2n) is 9.61. The molecule has 1 amide bonds. The highest BCUT2D eigenvalue weighted by Gasteiger charge is 2.22. The van der Waals surface area contributed by atoms with Crippen molar-refractivity contribution in [3.63, 3.8) is 0 Å². The smallest absolute Gasteiger partial charge is 0.249 e. The van der Waals surface area contributed by atoms with Crippen molar-refractivity contribution < 1.29 is 20.1 Å². The van der Waals surface area contributed by atoms with E-state index in [4.69, 9.17) is 0 Å². The molecular formula is C28H55NO4. The van der Waals surface area contributed by atoms with Crippen molar-refractivity contribution in [1.82, 2.24) is 5.32 Å². The fourth-order valence-electron chi connectivity index (χ4n) is 4.06. The molecule has 0 saturated carbocycles. The maximum atomic E-state index is 12.2. The molecule has 196 valence electrons. The molecular weight excluding hydrogens is 414 g/mol. The van der Waals surface area contributed by atoms with E-state index in [2.05, 4.69) is 19.2 Å². The van der Waals surface area contributed by atoms with Gasteiger partial charge < -0.3 is 20.6 Å². The number of carbonyl (C=O) groups is 1. The number of rotatable bonds is 24. The molecule has 3 unspecified atom stereocenters. The zero-order valence-corrected chi connectivity index (χ0v) is 21.8. The SMILES string of the molecule is CCCCCCCCCC/C=C/C(O)C(CO)NC(=O)C(O)CCCCCCCCCCC. The Morgan fingerprint density at radius 1 is 0.727 bits per heavy atom. The lowest BCUT2D eigenvalue weighted by Crippen LogP contribution is -2.48. The van der Waals surface area contributed by atoms with Gasteiger partial charge >= 0.3 is 0 Å². The Labute approximate surface area is 204 Å². The van der Waals surface area contributed by atoms with Crippen LogP contribution in [0.1, 0.15) is 136 Å². The lowest BCUT2D eigenvalue weighted by Gasteiger charge is -2.21. The molecule has 0 rings (SSSR count). The molecule has 0 aromatic carbocycles. The lowest BCUT2D eigenvalue weighted by molar-refractivity contribution is -0.131. The van der Waals surface area contributed by atoms with Gasteiger partial charge in [0, 0.05) is 0 Å². The van der Waals surface area contributed by atoms with Gasteiger partial charge in [-0.3, -0.25) is 4.79 Å². The Morgan fingerprint density at radius 3 is 1.67 bits per heavy atom. The summed E-state index contributed by atoms with van der Waals surface area (Å²) >= 11 is 0. The van der Waals surface area contributed by atoms with E-state index in [-0.39, 0.29) is 6.61 Å². The number of hydrogen-bond acceptors (Lipinski definition) is 4. The average Bonchev–Trinajstić information content (AvgIpc) is 2.82. The van der Waals surface area contributed by atoms with E-state index in [9.17, 15) is 20.1 Å². The number of unbranched alkanes of at least 4 members (excludes halogenated alkanes) is 16. The van der Waals surface area contributed by atoms with Crippen molar-refractivity contribution in [2.45, 2.75) is 154 Å². The van der Waals surface area contributed by atoms with Gasteiger partial charge in [-0.25, -0.2) is 0 Å². The molecule has 0 saturated heterocycles. The number of amides is 1. The predicted molar refractivity (Wildman–Crippen MR) is 139 cm³/mol. The van der Waals surface area contributed by atoms with Crippen LogP contribution in [-0.4, -0.2) is 46.1 Å². The van der Waals surface area contributed by atoms with Crippen molar-refractivity contribution in [3.8, 4) is 0 Å². The molecule has 0 aromatic rings. The minimum absolute atomic E-state index is 0.361. The molecule has 0 radical (unpaired) electrons. The number of aliphatic hydroxyl groups is 3. The van der Waals surface area contributed by atoms with Crippen molar-refractivity contribution in [1.29, 1.82) is 0 Å². The summed E-state index contributed by atoms with van der Waals surface area (Å²) in [6.07, 6.45) is 23.6. The van der Waals surface area contributed by atoms with Crippen molar-refractivity contribution in [3.05, 3.63) is 12.2 Å². The third-order valence-electron chi connectivity index (χ3n) is 6.38.